The van der Waals surface area contributed by atoms with Gasteiger partial charge in [-0.05, 0) is 24.3 Å². The lowest BCUT2D eigenvalue weighted by atomic mass is 10.2. The minimum atomic E-state index is -3.86. The van der Waals surface area contributed by atoms with E-state index in [-0.39, 0.29) is 21.0 Å². The van der Waals surface area contributed by atoms with Crippen LogP contribution in [0.3, 0.4) is 0 Å². The Morgan fingerprint density at radius 3 is 2.62 bits per heavy atom. The number of nitrogens with zero attached hydrogens (tertiary/aromatic N) is 1. The number of carboxylic acids is 1. The van der Waals surface area contributed by atoms with Gasteiger partial charge in [-0.1, -0.05) is 23.2 Å². The third kappa shape index (κ3) is 3.17. The van der Waals surface area contributed by atoms with Gasteiger partial charge in [-0.15, -0.1) is 0 Å². The standard InChI is InChI=1S/C12H13Cl2NO4S2/c1-15(7-4-5-20-6-7)21(18,19)9-3-2-8(13)10(11(9)14)12(16)17/h2-3,7H,4-6H2,1H3,(H,16,17). The summed E-state index contributed by atoms with van der Waals surface area (Å²) in [5, 5.41) is 8.66. The van der Waals surface area contributed by atoms with Crippen LogP contribution in [0.1, 0.15) is 16.8 Å². The predicted octanol–water partition coefficient (Wildman–Crippen LogP) is 2.82. The van der Waals surface area contributed by atoms with Gasteiger partial charge < -0.3 is 5.11 Å². The molecule has 0 bridgehead atoms. The first-order valence-electron chi connectivity index (χ1n) is 6.04. The van der Waals surface area contributed by atoms with E-state index in [4.69, 9.17) is 28.3 Å². The molecule has 1 N–H and O–H groups in total. The van der Waals surface area contributed by atoms with Crippen molar-refractivity contribution < 1.29 is 18.3 Å². The first-order valence-corrected chi connectivity index (χ1v) is 9.39. The Kier molecular flexibility index (Phi) is 5.10. The highest BCUT2D eigenvalue weighted by Gasteiger charge is 2.33. The van der Waals surface area contributed by atoms with Gasteiger partial charge in [-0.25, -0.2) is 13.2 Å². The Bertz CT molecular complexity index is 672. The van der Waals surface area contributed by atoms with E-state index in [2.05, 4.69) is 0 Å². The zero-order chi connectivity index (χ0) is 15.8. The van der Waals surface area contributed by atoms with Crippen LogP contribution in [-0.2, 0) is 10.0 Å². The van der Waals surface area contributed by atoms with Gasteiger partial charge in [0.1, 0.15) is 4.90 Å². The molecule has 1 atom stereocenters. The molecule has 1 heterocycles. The average molecular weight is 370 g/mol. The molecular formula is C12H13Cl2NO4S2. The maximum Gasteiger partial charge on any atom is 0.338 e. The minimum absolute atomic E-state index is 0.0921. The SMILES string of the molecule is CN(C1CCSC1)S(=O)(=O)c1ccc(Cl)c(C(=O)O)c1Cl. The van der Waals surface area contributed by atoms with Crippen molar-refractivity contribution >= 4 is 51.0 Å². The summed E-state index contributed by atoms with van der Waals surface area (Å²) in [4.78, 5) is 10.9. The van der Waals surface area contributed by atoms with Crippen LogP contribution >= 0.6 is 35.0 Å². The van der Waals surface area contributed by atoms with Gasteiger partial charge in [-0.2, -0.15) is 16.1 Å². The summed E-state index contributed by atoms with van der Waals surface area (Å²) < 4.78 is 26.5. The molecule has 1 aliphatic rings. The number of carboxylic acid groups (broad SMARTS) is 1. The van der Waals surface area contributed by atoms with Crippen molar-refractivity contribution in [3.05, 3.63) is 27.7 Å². The van der Waals surface area contributed by atoms with Crippen molar-refractivity contribution in [1.82, 2.24) is 4.31 Å². The minimum Gasteiger partial charge on any atom is -0.478 e. The number of carbonyl (C=O) groups is 1. The average Bonchev–Trinajstić information content (AvgIpc) is 2.90. The number of aromatic carboxylic acids is 1. The molecule has 2 rings (SSSR count). The predicted molar refractivity (Wildman–Crippen MR) is 84.1 cm³/mol. The van der Waals surface area contributed by atoms with Crippen LogP contribution in [0.4, 0.5) is 0 Å². The highest BCUT2D eigenvalue weighted by atomic mass is 35.5. The van der Waals surface area contributed by atoms with E-state index >= 15 is 0 Å². The molecule has 1 unspecified atom stereocenters. The highest BCUT2D eigenvalue weighted by molar-refractivity contribution is 7.99. The van der Waals surface area contributed by atoms with Gasteiger partial charge in [0.15, 0.2) is 0 Å². The van der Waals surface area contributed by atoms with Crippen LogP contribution in [0.25, 0.3) is 0 Å². The summed E-state index contributed by atoms with van der Waals surface area (Å²) >= 11 is 13.4. The van der Waals surface area contributed by atoms with Crippen LogP contribution in [0.5, 0.6) is 0 Å². The molecule has 1 fully saturated rings. The summed E-state index contributed by atoms with van der Waals surface area (Å²) in [5.74, 6) is 0.257. The zero-order valence-corrected chi connectivity index (χ0v) is 14.2. The molecule has 1 saturated heterocycles. The van der Waals surface area contributed by atoms with Crippen LogP contribution < -0.4 is 0 Å². The van der Waals surface area contributed by atoms with Gasteiger partial charge in [0.2, 0.25) is 10.0 Å². The second-order valence-corrected chi connectivity index (χ2v) is 8.48. The van der Waals surface area contributed by atoms with Crippen molar-refractivity contribution in [1.29, 1.82) is 0 Å². The second-order valence-electron chi connectivity index (χ2n) is 4.58. The molecule has 21 heavy (non-hydrogen) atoms. The summed E-state index contributed by atoms with van der Waals surface area (Å²) in [6, 6.07) is 2.37. The molecular weight excluding hydrogens is 357 g/mol. The fourth-order valence-corrected chi connectivity index (χ4v) is 5.73. The van der Waals surface area contributed by atoms with Crippen molar-refractivity contribution in [2.24, 2.45) is 0 Å². The molecule has 5 nitrogen and oxygen atoms in total. The molecule has 0 saturated carbocycles. The lowest BCUT2D eigenvalue weighted by Gasteiger charge is -2.24. The van der Waals surface area contributed by atoms with Crippen LogP contribution in [0.2, 0.25) is 10.0 Å². The Morgan fingerprint density at radius 1 is 1.43 bits per heavy atom. The van der Waals surface area contributed by atoms with Crippen molar-refractivity contribution in [3.63, 3.8) is 0 Å². The Hall–Kier alpha value is -0.470. The molecule has 0 radical (unpaired) electrons. The van der Waals surface area contributed by atoms with E-state index in [1.54, 1.807) is 11.8 Å². The summed E-state index contributed by atoms with van der Waals surface area (Å²) in [6.07, 6.45) is 0.761. The third-order valence-corrected chi connectivity index (χ3v) is 7.26. The van der Waals surface area contributed by atoms with Gasteiger partial charge in [-0.3, -0.25) is 0 Å². The van der Waals surface area contributed by atoms with Crippen molar-refractivity contribution in [3.8, 4) is 0 Å². The van der Waals surface area contributed by atoms with Gasteiger partial charge >= 0.3 is 5.97 Å². The molecule has 0 aliphatic carbocycles. The van der Waals surface area contributed by atoms with Crippen molar-refractivity contribution in [2.75, 3.05) is 18.6 Å². The molecule has 1 aromatic carbocycles. The number of rotatable bonds is 4. The van der Waals surface area contributed by atoms with Gasteiger partial charge in [0.05, 0.1) is 15.6 Å². The van der Waals surface area contributed by atoms with E-state index in [0.717, 1.165) is 12.2 Å². The fraction of sp³-hybridized carbons (Fsp3) is 0.417. The Labute approximate surface area is 137 Å². The molecule has 1 aliphatic heterocycles. The lowest BCUT2D eigenvalue weighted by molar-refractivity contribution is 0.0697. The molecule has 0 spiro atoms. The van der Waals surface area contributed by atoms with Gasteiger partial charge in [0, 0.05) is 18.8 Å². The second kappa shape index (κ2) is 6.34. The lowest BCUT2D eigenvalue weighted by Crippen LogP contribution is -2.37. The number of hydrogen-bond acceptors (Lipinski definition) is 4. The molecule has 0 aromatic heterocycles. The van der Waals surface area contributed by atoms with E-state index in [0.29, 0.717) is 5.75 Å². The smallest absolute Gasteiger partial charge is 0.338 e. The van der Waals surface area contributed by atoms with Crippen LogP contribution in [0, 0.1) is 0 Å². The van der Waals surface area contributed by atoms with E-state index in [1.165, 1.54) is 23.5 Å². The number of thioether (sulfide) groups is 1. The fourth-order valence-electron chi connectivity index (χ4n) is 2.09. The van der Waals surface area contributed by atoms with Gasteiger partial charge in [0.25, 0.3) is 0 Å². The molecule has 116 valence electrons. The summed E-state index contributed by atoms with van der Waals surface area (Å²) in [5.41, 5.74) is -0.395. The van der Waals surface area contributed by atoms with Crippen molar-refractivity contribution in [2.45, 2.75) is 17.4 Å². The van der Waals surface area contributed by atoms with Crippen LogP contribution in [0.15, 0.2) is 17.0 Å². The Balaban J connectivity index is 2.50. The Morgan fingerprint density at radius 2 is 2.10 bits per heavy atom. The maximum absolute atomic E-state index is 12.6. The van der Waals surface area contributed by atoms with E-state index < -0.39 is 21.6 Å². The molecule has 9 heteroatoms. The van der Waals surface area contributed by atoms with E-state index in [1.807, 2.05) is 0 Å². The van der Waals surface area contributed by atoms with Crippen LogP contribution in [-0.4, -0.2) is 48.4 Å². The van der Waals surface area contributed by atoms with E-state index in [9.17, 15) is 13.2 Å². The third-order valence-electron chi connectivity index (χ3n) is 3.35. The number of halogens is 2. The molecule has 0 amide bonds. The normalized spacial score (nSPS) is 19.1. The topological polar surface area (TPSA) is 74.7 Å². The summed E-state index contributed by atoms with van der Waals surface area (Å²) in [7, 11) is -2.38. The summed E-state index contributed by atoms with van der Waals surface area (Å²) in [6.45, 7) is 0. The quantitative estimate of drug-likeness (QED) is 0.882. The zero-order valence-electron chi connectivity index (χ0n) is 11.0. The molecule has 1 aromatic rings. The first kappa shape index (κ1) is 16.9. The number of hydrogen-bond donors (Lipinski definition) is 1. The number of benzene rings is 1. The monoisotopic (exact) mass is 369 g/mol. The highest BCUT2D eigenvalue weighted by Crippen LogP contribution is 2.34. The maximum atomic E-state index is 12.6. The number of sulfonamides is 1. The first-order chi connectivity index (χ1) is 9.76. The largest absolute Gasteiger partial charge is 0.478 e.